The van der Waals surface area contributed by atoms with Gasteiger partial charge in [0.1, 0.15) is 23.0 Å². The molecule has 2 heterocycles. The maximum atomic E-state index is 5.20. The van der Waals surface area contributed by atoms with Crippen LogP contribution in [0.4, 0.5) is 11.5 Å². The molecule has 0 radical (unpaired) electrons. The molecule has 108 valence electrons. The predicted molar refractivity (Wildman–Crippen MR) is 84.4 cm³/mol. The van der Waals surface area contributed by atoms with Gasteiger partial charge in [-0.25, -0.2) is 9.97 Å². The molecule has 0 fully saturated rings. The van der Waals surface area contributed by atoms with E-state index in [0.717, 1.165) is 39.7 Å². The number of nitrogens with one attached hydrogen (secondary N) is 1. The van der Waals surface area contributed by atoms with Gasteiger partial charge in [0.15, 0.2) is 0 Å². The molecule has 5 heteroatoms. The first-order valence-corrected chi connectivity index (χ1v) is 6.80. The van der Waals surface area contributed by atoms with Crippen molar-refractivity contribution in [1.82, 2.24) is 15.0 Å². The van der Waals surface area contributed by atoms with Crippen molar-refractivity contribution in [2.45, 2.75) is 13.8 Å². The lowest BCUT2D eigenvalue weighted by Crippen LogP contribution is -2.13. The first kappa shape index (κ1) is 13.4. The highest BCUT2D eigenvalue weighted by Gasteiger charge is 2.15. The van der Waals surface area contributed by atoms with Crippen molar-refractivity contribution in [3.05, 3.63) is 41.9 Å². The van der Waals surface area contributed by atoms with Crippen LogP contribution < -0.4 is 9.64 Å². The Morgan fingerprint density at radius 3 is 2.48 bits per heavy atom. The van der Waals surface area contributed by atoms with Crippen LogP contribution in [0, 0.1) is 13.8 Å². The maximum absolute atomic E-state index is 5.20. The van der Waals surface area contributed by atoms with Crippen LogP contribution in [0.2, 0.25) is 0 Å². The smallest absolute Gasteiger partial charge is 0.146 e. The van der Waals surface area contributed by atoms with Gasteiger partial charge < -0.3 is 14.6 Å². The van der Waals surface area contributed by atoms with Crippen LogP contribution in [0.5, 0.6) is 5.75 Å². The number of nitrogens with zero attached hydrogens (tertiary/aromatic N) is 3. The third-order valence-corrected chi connectivity index (χ3v) is 3.60. The van der Waals surface area contributed by atoms with Crippen LogP contribution in [0.3, 0.4) is 0 Å². The molecular weight excluding hydrogens is 264 g/mol. The summed E-state index contributed by atoms with van der Waals surface area (Å²) in [6.45, 7) is 3.96. The molecule has 0 unspecified atom stereocenters. The highest BCUT2D eigenvalue weighted by molar-refractivity contribution is 5.92. The van der Waals surface area contributed by atoms with Gasteiger partial charge in [-0.1, -0.05) is 0 Å². The number of rotatable bonds is 3. The lowest BCUT2D eigenvalue weighted by Gasteiger charge is -2.20. The van der Waals surface area contributed by atoms with E-state index in [1.54, 1.807) is 7.11 Å². The Kier molecular flexibility index (Phi) is 3.25. The highest BCUT2D eigenvalue weighted by Crippen LogP contribution is 2.31. The third kappa shape index (κ3) is 2.31. The van der Waals surface area contributed by atoms with Crippen molar-refractivity contribution in [2.24, 2.45) is 0 Å². The van der Waals surface area contributed by atoms with Crippen molar-refractivity contribution in [1.29, 1.82) is 0 Å². The summed E-state index contributed by atoms with van der Waals surface area (Å²) in [6, 6.07) is 7.93. The number of aromatic nitrogens is 3. The van der Waals surface area contributed by atoms with E-state index in [1.807, 2.05) is 44.4 Å². The molecule has 0 amide bonds. The van der Waals surface area contributed by atoms with Crippen LogP contribution in [0.25, 0.3) is 11.0 Å². The molecule has 3 aromatic rings. The zero-order valence-electron chi connectivity index (χ0n) is 12.6. The van der Waals surface area contributed by atoms with E-state index >= 15 is 0 Å². The van der Waals surface area contributed by atoms with Gasteiger partial charge in [-0.3, -0.25) is 0 Å². The van der Waals surface area contributed by atoms with Crippen molar-refractivity contribution >= 4 is 22.5 Å². The predicted octanol–water partition coefficient (Wildman–Crippen LogP) is 3.35. The minimum absolute atomic E-state index is 0.750. The van der Waals surface area contributed by atoms with Crippen LogP contribution in [0.15, 0.2) is 30.5 Å². The van der Waals surface area contributed by atoms with Gasteiger partial charge in [0.25, 0.3) is 0 Å². The monoisotopic (exact) mass is 282 g/mol. The van der Waals surface area contributed by atoms with Gasteiger partial charge in [0.05, 0.1) is 12.5 Å². The Hall–Kier alpha value is -2.56. The van der Waals surface area contributed by atoms with E-state index in [9.17, 15) is 0 Å². The zero-order chi connectivity index (χ0) is 15.0. The maximum Gasteiger partial charge on any atom is 0.146 e. The van der Waals surface area contributed by atoms with Gasteiger partial charge in [-0.15, -0.1) is 0 Å². The lowest BCUT2D eigenvalue weighted by molar-refractivity contribution is 0.415. The molecule has 1 N–H and O–H groups in total. The van der Waals surface area contributed by atoms with E-state index in [-0.39, 0.29) is 0 Å². The Morgan fingerprint density at radius 2 is 1.81 bits per heavy atom. The number of aryl methyl sites for hydroxylation is 2. The second kappa shape index (κ2) is 5.09. The Labute approximate surface area is 123 Å². The van der Waals surface area contributed by atoms with Crippen molar-refractivity contribution in [2.75, 3.05) is 19.1 Å². The number of hydrogen-bond donors (Lipinski definition) is 1. The molecular formula is C16H18N4O. The van der Waals surface area contributed by atoms with Crippen LogP contribution >= 0.6 is 0 Å². The first-order valence-electron chi connectivity index (χ1n) is 6.80. The van der Waals surface area contributed by atoms with Crippen molar-refractivity contribution in [3.63, 3.8) is 0 Å². The normalized spacial score (nSPS) is 10.9. The summed E-state index contributed by atoms with van der Waals surface area (Å²) in [7, 11) is 3.68. The zero-order valence-corrected chi connectivity index (χ0v) is 12.6. The minimum Gasteiger partial charge on any atom is -0.497 e. The molecule has 0 atom stereocenters. The summed E-state index contributed by atoms with van der Waals surface area (Å²) in [5, 5.41) is 1.05. The van der Waals surface area contributed by atoms with Crippen LogP contribution in [0.1, 0.15) is 11.4 Å². The first-order chi connectivity index (χ1) is 10.1. The fraction of sp³-hybridized carbons (Fsp3) is 0.250. The fourth-order valence-electron chi connectivity index (χ4n) is 2.44. The second-order valence-corrected chi connectivity index (χ2v) is 5.05. The van der Waals surface area contributed by atoms with E-state index in [4.69, 9.17) is 4.74 Å². The molecule has 0 aliphatic carbocycles. The van der Waals surface area contributed by atoms with Crippen LogP contribution in [-0.2, 0) is 0 Å². The summed E-state index contributed by atoms with van der Waals surface area (Å²) in [5.41, 5.74) is 3.06. The number of methoxy groups -OCH3 is 1. The number of fused-ring (bicyclic) bond motifs is 1. The molecule has 0 bridgehead atoms. The minimum atomic E-state index is 0.750. The average Bonchev–Trinajstić information content (AvgIpc) is 2.87. The molecule has 1 aromatic carbocycles. The standard InChI is InChI=1S/C16H18N4O/c1-10-9-17-15-14(10)16(19-11(2)18-15)20(3)12-5-7-13(21-4)8-6-12/h5-9H,1-4H3,(H,17,18,19). The number of H-pyrrole nitrogens is 1. The SMILES string of the molecule is COc1ccc(N(C)c2nc(C)nc3[nH]cc(C)c23)cc1. The van der Waals surface area contributed by atoms with Gasteiger partial charge in [0.2, 0.25) is 0 Å². The van der Waals surface area contributed by atoms with Gasteiger partial charge in [-0.05, 0) is 43.7 Å². The topological polar surface area (TPSA) is 54.0 Å². The Balaban J connectivity index is 2.11. The van der Waals surface area contributed by atoms with Crippen molar-refractivity contribution in [3.8, 4) is 5.75 Å². The van der Waals surface area contributed by atoms with Gasteiger partial charge in [0, 0.05) is 18.9 Å². The molecule has 0 saturated heterocycles. The van der Waals surface area contributed by atoms with Gasteiger partial charge in [-0.2, -0.15) is 0 Å². The lowest BCUT2D eigenvalue weighted by atomic mass is 10.2. The summed E-state index contributed by atoms with van der Waals surface area (Å²) < 4.78 is 5.20. The van der Waals surface area contributed by atoms with E-state index in [1.165, 1.54) is 0 Å². The number of aromatic amines is 1. The number of benzene rings is 1. The Morgan fingerprint density at radius 1 is 1.10 bits per heavy atom. The molecule has 0 saturated carbocycles. The number of anilines is 2. The molecule has 5 nitrogen and oxygen atoms in total. The van der Waals surface area contributed by atoms with Crippen LogP contribution in [-0.4, -0.2) is 29.1 Å². The molecule has 2 aromatic heterocycles. The molecule has 0 aliphatic heterocycles. The fourth-order valence-corrected chi connectivity index (χ4v) is 2.44. The second-order valence-electron chi connectivity index (χ2n) is 5.05. The summed E-state index contributed by atoms with van der Waals surface area (Å²) in [6.07, 6.45) is 1.96. The third-order valence-electron chi connectivity index (χ3n) is 3.60. The number of ether oxygens (including phenoxy) is 1. The molecule has 3 rings (SSSR count). The summed E-state index contributed by atoms with van der Waals surface area (Å²) >= 11 is 0. The Bertz CT molecular complexity index is 777. The summed E-state index contributed by atoms with van der Waals surface area (Å²) in [5.74, 6) is 2.50. The molecule has 0 aliphatic rings. The highest BCUT2D eigenvalue weighted by atomic mass is 16.5. The average molecular weight is 282 g/mol. The quantitative estimate of drug-likeness (QED) is 0.800. The molecule has 0 spiro atoms. The number of hydrogen-bond acceptors (Lipinski definition) is 4. The van der Waals surface area contributed by atoms with Gasteiger partial charge >= 0.3 is 0 Å². The van der Waals surface area contributed by atoms with E-state index in [0.29, 0.717) is 0 Å². The summed E-state index contributed by atoms with van der Waals surface area (Å²) in [4.78, 5) is 14.3. The van der Waals surface area contributed by atoms with E-state index in [2.05, 4.69) is 26.8 Å². The van der Waals surface area contributed by atoms with Crippen molar-refractivity contribution < 1.29 is 4.74 Å². The largest absolute Gasteiger partial charge is 0.497 e. The molecule has 21 heavy (non-hydrogen) atoms. The van der Waals surface area contributed by atoms with E-state index < -0.39 is 0 Å².